The molecule has 3 aliphatic heterocycles. The van der Waals surface area contributed by atoms with E-state index < -0.39 is 0 Å². The third-order valence-corrected chi connectivity index (χ3v) is 13.5. The Morgan fingerprint density at radius 3 is 2.22 bits per heavy atom. The van der Waals surface area contributed by atoms with E-state index in [1.54, 1.807) is 23.1 Å². The standard InChI is InChI=1S/C42H52N2O4S2/c1-5-9-13-27(7-3)25-47-29-17-19-35-33(23-29)43-21-11-15-31(41(43)49-35)37-39(45)38(40(37)46)32-16-12-22-44-34-24-30(18-20-36(34)50-42(32)44)48-26-28(8-4)14-10-6-2/h17-20,23-24,27-28H,5-16,21-22,25-26H2,1-4H3. The Balaban J connectivity index is 1.13. The van der Waals surface area contributed by atoms with Crippen LogP contribution in [-0.2, 0) is 11.3 Å². The maximum Gasteiger partial charge on any atom is 0.266 e. The molecule has 2 atom stereocenters. The fourth-order valence-corrected chi connectivity index (χ4v) is 10.4. The van der Waals surface area contributed by atoms with E-state index in [-0.39, 0.29) is 11.5 Å². The number of carbonyl (C=O) groups is 1. The molecule has 1 aromatic heterocycles. The average Bonchev–Trinajstić information content (AvgIpc) is 3.71. The monoisotopic (exact) mass is 712 g/mol. The van der Waals surface area contributed by atoms with Crippen molar-refractivity contribution in [2.45, 2.75) is 116 Å². The number of anilines is 1. The minimum atomic E-state index is -0.0692. The molecule has 4 aliphatic rings. The van der Waals surface area contributed by atoms with Crippen molar-refractivity contribution < 1.29 is 23.9 Å². The molecule has 0 saturated heterocycles. The molecule has 0 radical (unpaired) electrons. The summed E-state index contributed by atoms with van der Waals surface area (Å²) in [5.74, 6) is 2.80. The van der Waals surface area contributed by atoms with Crippen molar-refractivity contribution >= 4 is 50.4 Å². The normalized spacial score (nSPS) is 19.8. The first-order valence-corrected chi connectivity index (χ1v) is 20.8. The Morgan fingerprint density at radius 2 is 1.54 bits per heavy atom. The summed E-state index contributed by atoms with van der Waals surface area (Å²) in [6.45, 7) is 12.2. The van der Waals surface area contributed by atoms with Crippen molar-refractivity contribution in [2.75, 3.05) is 24.7 Å². The summed E-state index contributed by atoms with van der Waals surface area (Å²) < 4.78 is 16.1. The molecule has 8 heteroatoms. The molecule has 0 N–H and O–H groups in total. The van der Waals surface area contributed by atoms with Crippen LogP contribution < -0.4 is 24.0 Å². The Morgan fingerprint density at radius 1 is 0.860 bits per heavy atom. The first-order chi connectivity index (χ1) is 24.4. The number of carbonyl (C=O) groups excluding carboxylic acids is 1. The third kappa shape index (κ3) is 6.74. The fourth-order valence-electron chi connectivity index (χ4n) is 7.87. The van der Waals surface area contributed by atoms with Crippen LogP contribution in [0.3, 0.4) is 0 Å². The van der Waals surface area contributed by atoms with Gasteiger partial charge in [0.1, 0.15) is 16.2 Å². The molecule has 3 aromatic rings. The highest BCUT2D eigenvalue weighted by molar-refractivity contribution is 8.03. The van der Waals surface area contributed by atoms with Crippen molar-refractivity contribution in [1.82, 2.24) is 0 Å². The van der Waals surface area contributed by atoms with Crippen LogP contribution in [0.4, 0.5) is 5.69 Å². The van der Waals surface area contributed by atoms with E-state index in [0.717, 1.165) is 118 Å². The number of aryl methyl sites for hydroxylation is 1. The van der Waals surface area contributed by atoms with Gasteiger partial charge < -0.3 is 19.5 Å². The van der Waals surface area contributed by atoms with Gasteiger partial charge in [-0.2, -0.15) is 4.57 Å². The molecule has 0 spiro atoms. The van der Waals surface area contributed by atoms with Gasteiger partial charge in [-0.25, -0.2) is 0 Å². The van der Waals surface area contributed by atoms with Gasteiger partial charge in [0.15, 0.2) is 12.3 Å². The van der Waals surface area contributed by atoms with E-state index in [9.17, 15) is 9.90 Å². The molecule has 0 bridgehead atoms. The fraction of sp³-hybridized carbons (Fsp3) is 0.524. The average molecular weight is 713 g/mol. The minimum absolute atomic E-state index is 0.0692. The second-order valence-corrected chi connectivity index (χ2v) is 16.5. The third-order valence-electron chi connectivity index (χ3n) is 11.0. The molecule has 4 heterocycles. The van der Waals surface area contributed by atoms with Crippen LogP contribution >= 0.6 is 23.1 Å². The van der Waals surface area contributed by atoms with Crippen molar-refractivity contribution in [1.29, 1.82) is 0 Å². The number of thioether (sulfide) groups is 1. The zero-order valence-electron chi connectivity index (χ0n) is 30.3. The second kappa shape index (κ2) is 15.6. The number of unbranched alkanes of at least 4 members (excludes halogenated alkanes) is 2. The Bertz CT molecular complexity index is 1850. The molecule has 2 unspecified atom stereocenters. The molecule has 7 rings (SSSR count). The van der Waals surface area contributed by atoms with Gasteiger partial charge in [0.2, 0.25) is 5.52 Å². The lowest BCUT2D eigenvalue weighted by Crippen LogP contribution is -2.41. The lowest BCUT2D eigenvalue weighted by molar-refractivity contribution is -0.672. The smallest absolute Gasteiger partial charge is 0.266 e. The molecule has 2 aromatic carbocycles. The summed E-state index contributed by atoms with van der Waals surface area (Å²) in [6.07, 6.45) is 12.9. The first-order valence-electron chi connectivity index (χ1n) is 19.2. The van der Waals surface area contributed by atoms with E-state index in [0.29, 0.717) is 23.0 Å². The highest BCUT2D eigenvalue weighted by Gasteiger charge is 2.41. The number of allylic oxidation sites excluding steroid dienone is 4. The van der Waals surface area contributed by atoms with E-state index in [1.165, 1.54) is 38.5 Å². The number of benzene rings is 2. The largest absolute Gasteiger partial charge is 0.871 e. The topological polar surface area (TPSA) is 65.7 Å². The van der Waals surface area contributed by atoms with Gasteiger partial charge in [-0.05, 0) is 73.8 Å². The number of ketones is 1. The molecular weight excluding hydrogens is 661 g/mol. The summed E-state index contributed by atoms with van der Waals surface area (Å²) in [7, 11) is 0. The van der Waals surface area contributed by atoms with E-state index in [2.05, 4.69) is 73.6 Å². The number of hydrogen-bond acceptors (Lipinski definition) is 7. The predicted molar refractivity (Wildman–Crippen MR) is 204 cm³/mol. The van der Waals surface area contributed by atoms with Crippen LogP contribution in [0.25, 0.3) is 15.8 Å². The van der Waals surface area contributed by atoms with Crippen molar-refractivity contribution in [3.05, 3.63) is 68.9 Å². The van der Waals surface area contributed by atoms with Gasteiger partial charge in [0, 0.05) is 40.6 Å². The number of hydrogen-bond donors (Lipinski definition) is 0. The van der Waals surface area contributed by atoms with Crippen LogP contribution in [0.2, 0.25) is 0 Å². The summed E-state index contributed by atoms with van der Waals surface area (Å²) >= 11 is 3.39. The van der Waals surface area contributed by atoms with E-state index in [4.69, 9.17) is 9.47 Å². The highest BCUT2D eigenvalue weighted by atomic mass is 32.2. The number of rotatable bonds is 15. The molecule has 0 amide bonds. The van der Waals surface area contributed by atoms with Gasteiger partial charge in [-0.1, -0.05) is 95.1 Å². The zero-order chi connectivity index (χ0) is 34.8. The Labute approximate surface area is 306 Å². The van der Waals surface area contributed by atoms with Crippen LogP contribution in [0, 0.1) is 11.8 Å². The molecule has 266 valence electrons. The van der Waals surface area contributed by atoms with Crippen LogP contribution in [0.5, 0.6) is 11.5 Å². The maximum absolute atomic E-state index is 14.0. The number of thiazole rings is 1. The summed E-state index contributed by atoms with van der Waals surface area (Å²) in [5, 5.41) is 16.1. The number of aromatic nitrogens is 1. The molecule has 0 fully saturated rings. The molecule has 1 aliphatic carbocycles. The van der Waals surface area contributed by atoms with Crippen molar-refractivity contribution in [2.24, 2.45) is 11.8 Å². The van der Waals surface area contributed by atoms with Crippen molar-refractivity contribution in [3.63, 3.8) is 0 Å². The van der Waals surface area contributed by atoms with Crippen LogP contribution in [0.15, 0.2) is 68.8 Å². The van der Waals surface area contributed by atoms with Gasteiger partial charge in [-0.3, -0.25) is 4.79 Å². The molecular formula is C42H52N2O4S2. The van der Waals surface area contributed by atoms with Crippen molar-refractivity contribution in [3.8, 4) is 11.5 Å². The summed E-state index contributed by atoms with van der Waals surface area (Å²) in [5.41, 5.74) is 4.94. The Hall–Kier alpha value is -3.23. The van der Waals surface area contributed by atoms with E-state index in [1.807, 2.05) is 0 Å². The maximum atomic E-state index is 14.0. The number of nitrogens with zero attached hydrogens (tertiary/aromatic N) is 2. The zero-order valence-corrected chi connectivity index (χ0v) is 31.9. The lowest BCUT2D eigenvalue weighted by Gasteiger charge is -2.37. The van der Waals surface area contributed by atoms with Crippen LogP contribution in [-0.4, -0.2) is 25.5 Å². The molecule has 6 nitrogen and oxygen atoms in total. The molecule has 50 heavy (non-hydrogen) atoms. The number of Topliss-reactive ketones (excluding diaryl/α,β-unsaturated/α-hetero) is 1. The quantitative estimate of drug-likeness (QED) is 0.116. The summed E-state index contributed by atoms with van der Waals surface area (Å²) in [4.78, 5) is 17.5. The second-order valence-electron chi connectivity index (χ2n) is 14.4. The Kier molecular flexibility index (Phi) is 11.0. The highest BCUT2D eigenvalue weighted by Crippen LogP contribution is 2.54. The number of ether oxygens (including phenoxy) is 2. The molecule has 0 saturated carbocycles. The van der Waals surface area contributed by atoms with E-state index >= 15 is 0 Å². The van der Waals surface area contributed by atoms with Gasteiger partial charge in [0.05, 0.1) is 30.0 Å². The van der Waals surface area contributed by atoms with Gasteiger partial charge in [-0.15, -0.1) is 0 Å². The van der Waals surface area contributed by atoms with Gasteiger partial charge >= 0.3 is 0 Å². The SMILES string of the molecule is CCCCC(CC)COc1ccc2c(c1)N1CCCC(C3=C([O-])/C(=C4/CCC[n+]5c4sc4ccc(OCC(CC)CCCC)cc45)C3=O)=C1S2. The summed E-state index contributed by atoms with van der Waals surface area (Å²) in [6, 6.07) is 12.7. The minimum Gasteiger partial charge on any atom is -0.871 e. The lowest BCUT2D eigenvalue weighted by atomic mass is 9.78. The first kappa shape index (κ1) is 35.2. The van der Waals surface area contributed by atoms with Crippen LogP contribution in [0.1, 0.15) is 110 Å². The predicted octanol–water partition coefficient (Wildman–Crippen LogP) is 9.74. The number of fused-ring (bicyclic) bond motifs is 6. The van der Waals surface area contributed by atoms with Gasteiger partial charge in [0.25, 0.3) is 5.01 Å².